The predicted octanol–water partition coefficient (Wildman–Crippen LogP) is -5.26. The molecule has 0 saturated heterocycles. The maximum absolute atomic E-state index is 12.3. The fourth-order valence-electron chi connectivity index (χ4n) is 0.526. The van der Waals surface area contributed by atoms with Crippen molar-refractivity contribution >= 4 is 29.6 Å². The van der Waals surface area contributed by atoms with Crippen LogP contribution in [-0.2, 0) is 0 Å². The van der Waals surface area contributed by atoms with Gasteiger partial charge in [-0.15, -0.1) is 0 Å². The van der Waals surface area contributed by atoms with Crippen LogP contribution >= 0.6 is 0 Å². The molecule has 12 heavy (non-hydrogen) atoms. The Morgan fingerprint density at radius 1 is 1.25 bits per heavy atom. The van der Waals surface area contributed by atoms with E-state index in [1.807, 2.05) is 0 Å². The quantitative estimate of drug-likeness (QED) is 0.285. The minimum absolute atomic E-state index is 0. The maximum Gasteiger partial charge on any atom is 2.00 e. The van der Waals surface area contributed by atoms with E-state index in [2.05, 4.69) is 0 Å². The molecule has 0 aliphatic carbocycles. The number of aromatic hydroxyl groups is 1. The first-order chi connectivity index (χ1) is 4.22. The molecule has 0 unspecified atom stereocenters. The van der Waals surface area contributed by atoms with Gasteiger partial charge in [0.2, 0.25) is 0 Å². The fourth-order valence-corrected chi connectivity index (χ4v) is 0.526. The third-order valence-corrected chi connectivity index (χ3v) is 1.03. The van der Waals surface area contributed by atoms with Crippen LogP contribution in [0.5, 0.6) is 5.75 Å². The normalized spacial score (nSPS) is 7.08. The molecule has 0 spiro atoms. The molecule has 0 aliphatic rings. The summed E-state index contributed by atoms with van der Waals surface area (Å²) in [6, 6.07) is 3.91. The van der Waals surface area contributed by atoms with Crippen molar-refractivity contribution in [1.29, 1.82) is 0 Å². The molecule has 3 N–H and O–H groups in total. The molecule has 1 aromatic carbocycles. The zero-order valence-electron chi connectivity index (χ0n) is 5.89. The fraction of sp³-hybridized carbons (Fsp3) is 0. The molecule has 1 aromatic rings. The number of phenolic OH excluding ortho intramolecular Hbond substituents is 1. The molecule has 0 amide bonds. The molecule has 0 saturated carbocycles. The number of hydrogen-bond donors (Lipinski definition) is 2. The molecule has 0 atom stereocenters. The Labute approximate surface area is 99.1 Å². The molecule has 0 heterocycles. The summed E-state index contributed by atoms with van der Waals surface area (Å²) in [7, 11) is 0. The zero-order valence-corrected chi connectivity index (χ0v) is 10.3. The third kappa shape index (κ3) is 4.23. The van der Waals surface area contributed by atoms with E-state index in [9.17, 15) is 4.39 Å². The summed E-state index contributed by atoms with van der Waals surface area (Å²) in [6.07, 6.45) is 0. The van der Waals surface area contributed by atoms with Gasteiger partial charge in [-0.25, -0.2) is 4.39 Å². The Hall–Kier alpha value is 0.129. The smallest absolute Gasteiger partial charge is 1.00 e. The van der Waals surface area contributed by atoms with Gasteiger partial charge in [-0.05, 0) is 12.1 Å². The van der Waals surface area contributed by atoms with Gasteiger partial charge in [-0.2, -0.15) is 0 Å². The van der Waals surface area contributed by atoms with E-state index in [0.29, 0.717) is 0 Å². The van der Waals surface area contributed by atoms with Gasteiger partial charge >= 0.3 is 23.9 Å². The van der Waals surface area contributed by atoms with Crippen molar-refractivity contribution in [3.05, 3.63) is 24.0 Å². The molecule has 1 rings (SSSR count). The van der Waals surface area contributed by atoms with Gasteiger partial charge in [0.05, 0.1) is 0 Å². The van der Waals surface area contributed by atoms with Gasteiger partial charge in [0.25, 0.3) is 0 Å². The van der Waals surface area contributed by atoms with Crippen molar-refractivity contribution < 1.29 is 34.3 Å². The second-order valence-electron chi connectivity index (χ2n) is 1.67. The topological polar surface area (TPSA) is 46.2 Å². The molecule has 66 valence electrons. The number of phenols is 1. The third-order valence-electron chi connectivity index (χ3n) is 1.03. The Bertz CT molecular complexity index is 217. The number of anilines is 1. The average Bonchev–Trinajstić information content (AvgIpc) is 1.83. The number of halogens is 3. The van der Waals surface area contributed by atoms with E-state index >= 15 is 0 Å². The van der Waals surface area contributed by atoms with Crippen LogP contribution in [0.3, 0.4) is 0 Å². The van der Waals surface area contributed by atoms with Gasteiger partial charge in [-0.1, -0.05) is 6.07 Å². The number of rotatable bonds is 0. The number of hydrogen-bond acceptors (Lipinski definition) is 2. The van der Waals surface area contributed by atoms with E-state index in [0.717, 1.165) is 0 Å². The van der Waals surface area contributed by atoms with Crippen molar-refractivity contribution in [2.45, 2.75) is 0 Å². The molecule has 0 bridgehead atoms. The molecule has 6 heteroatoms. The first-order valence-electron chi connectivity index (χ1n) is 2.45. The molecular weight excluding hydrogens is 311 g/mol. The first kappa shape index (κ1) is 18.0. The Balaban J connectivity index is -0.000000270. The molecule has 0 aromatic heterocycles. The summed E-state index contributed by atoms with van der Waals surface area (Å²) in [4.78, 5) is 0. The SMILES string of the molecule is Nc1c(O)cccc1F.[Cl-].[Cl-].[Sn+2]. The van der Waals surface area contributed by atoms with Crippen molar-refractivity contribution in [3.63, 3.8) is 0 Å². The molecule has 2 radical (unpaired) electrons. The largest absolute Gasteiger partial charge is 2.00 e. The summed E-state index contributed by atoms with van der Waals surface area (Å²) < 4.78 is 12.3. The summed E-state index contributed by atoms with van der Waals surface area (Å²) in [5.74, 6) is -0.801. The van der Waals surface area contributed by atoms with Crippen LogP contribution < -0.4 is 30.5 Å². The monoisotopic (exact) mass is 317 g/mol. The molecule has 0 fully saturated rings. The van der Waals surface area contributed by atoms with Gasteiger partial charge < -0.3 is 35.7 Å². The Morgan fingerprint density at radius 2 is 1.75 bits per heavy atom. The van der Waals surface area contributed by atoms with Gasteiger partial charge in [0, 0.05) is 0 Å². The van der Waals surface area contributed by atoms with Crippen molar-refractivity contribution in [2.24, 2.45) is 0 Å². The van der Waals surface area contributed by atoms with E-state index in [-0.39, 0.29) is 60.2 Å². The summed E-state index contributed by atoms with van der Waals surface area (Å²) in [6.45, 7) is 0. The predicted molar refractivity (Wildman–Crippen MR) is 38.2 cm³/mol. The number of para-hydroxylation sites is 1. The number of nitrogen functional groups attached to an aromatic ring is 1. The van der Waals surface area contributed by atoms with Crippen LogP contribution in [0, 0.1) is 5.82 Å². The Kier molecular flexibility index (Phi) is 11.7. The maximum atomic E-state index is 12.3. The van der Waals surface area contributed by atoms with Crippen LogP contribution in [0.2, 0.25) is 0 Å². The van der Waals surface area contributed by atoms with Crippen LogP contribution in [-0.4, -0.2) is 29.0 Å². The number of nitrogens with two attached hydrogens (primary N) is 1. The van der Waals surface area contributed by atoms with Crippen LogP contribution in [0.25, 0.3) is 0 Å². The standard InChI is InChI=1S/C6H6FNO.2ClH.Sn/c7-4-2-1-3-5(9)6(4)8;;;/h1-3,9H,8H2;2*1H;/q;;;+2/p-2. The first-order valence-corrected chi connectivity index (χ1v) is 2.45. The second kappa shape index (κ2) is 7.76. The van der Waals surface area contributed by atoms with Gasteiger partial charge in [-0.3, -0.25) is 0 Å². The minimum Gasteiger partial charge on any atom is -1.00 e. The molecule has 0 aliphatic heterocycles. The van der Waals surface area contributed by atoms with Gasteiger partial charge in [0.1, 0.15) is 17.3 Å². The van der Waals surface area contributed by atoms with E-state index in [1.165, 1.54) is 18.2 Å². The zero-order chi connectivity index (χ0) is 6.85. The summed E-state index contributed by atoms with van der Waals surface area (Å²) >= 11 is 0. The minimum atomic E-state index is -0.588. The summed E-state index contributed by atoms with van der Waals surface area (Å²) in [5.41, 5.74) is 4.86. The van der Waals surface area contributed by atoms with Crippen LogP contribution in [0.4, 0.5) is 10.1 Å². The molecule has 2 nitrogen and oxygen atoms in total. The molecular formula is C6H6Cl2FNOSn. The van der Waals surface area contributed by atoms with E-state index < -0.39 is 5.82 Å². The Morgan fingerprint density at radius 3 is 2.08 bits per heavy atom. The van der Waals surface area contributed by atoms with Gasteiger partial charge in [0.15, 0.2) is 0 Å². The summed E-state index contributed by atoms with van der Waals surface area (Å²) in [5, 5.41) is 8.74. The van der Waals surface area contributed by atoms with Crippen molar-refractivity contribution in [1.82, 2.24) is 0 Å². The average molecular weight is 317 g/mol. The number of benzene rings is 1. The second-order valence-corrected chi connectivity index (χ2v) is 1.67. The van der Waals surface area contributed by atoms with Crippen LogP contribution in [0.1, 0.15) is 0 Å². The van der Waals surface area contributed by atoms with Crippen LogP contribution in [0.15, 0.2) is 18.2 Å². The van der Waals surface area contributed by atoms with Crippen molar-refractivity contribution in [3.8, 4) is 5.75 Å². The van der Waals surface area contributed by atoms with E-state index in [1.54, 1.807) is 0 Å². The van der Waals surface area contributed by atoms with Crippen molar-refractivity contribution in [2.75, 3.05) is 5.73 Å². The van der Waals surface area contributed by atoms with E-state index in [4.69, 9.17) is 10.8 Å².